The first-order valence-electron chi connectivity index (χ1n) is 6.57. The normalized spacial score (nSPS) is 14.3. The zero-order chi connectivity index (χ0) is 18.6. The summed E-state index contributed by atoms with van der Waals surface area (Å²) < 4.78 is 0. The Morgan fingerprint density at radius 2 is 0.667 bits per heavy atom. The first-order chi connectivity index (χ1) is 11.3. The lowest BCUT2D eigenvalue weighted by Gasteiger charge is -2.32. The number of nitrogens with zero attached hydrogens (tertiary/aromatic N) is 4. The molecule has 10 heteroatoms. The van der Waals surface area contributed by atoms with E-state index in [-0.39, 0.29) is 48.4 Å². The van der Waals surface area contributed by atoms with Crippen molar-refractivity contribution in [2.24, 2.45) is 0 Å². The highest BCUT2D eigenvalue weighted by Crippen LogP contribution is 2.29. The van der Waals surface area contributed by atoms with Gasteiger partial charge in [0, 0.05) is 28.2 Å². The Kier molecular flexibility index (Phi) is 5.71. The van der Waals surface area contributed by atoms with Gasteiger partial charge in [-0.1, -0.05) is 0 Å². The molecule has 4 amide bonds. The lowest BCUT2D eigenvalue weighted by molar-refractivity contribution is -0.128. The van der Waals surface area contributed by atoms with Gasteiger partial charge in [0.05, 0.1) is 0 Å². The van der Waals surface area contributed by atoms with Crippen molar-refractivity contribution in [3.05, 3.63) is 22.8 Å². The maximum Gasteiger partial charge on any atom is 0.230 e. The van der Waals surface area contributed by atoms with Crippen LogP contribution >= 0.6 is 0 Å². The summed E-state index contributed by atoms with van der Waals surface area (Å²) >= 11 is 0. The highest BCUT2D eigenvalue weighted by Gasteiger charge is 2.41. The molecule has 10 nitrogen and oxygen atoms in total. The first kappa shape index (κ1) is 18.7. The first-order valence-corrected chi connectivity index (χ1v) is 6.57. The number of amides is 4. The largest absolute Gasteiger partial charge is 0.313 e. The van der Waals surface area contributed by atoms with Crippen LogP contribution < -0.4 is 0 Å². The van der Waals surface area contributed by atoms with Crippen LogP contribution in [-0.2, 0) is 28.8 Å². The molecule has 0 radical (unpaired) electrons. The summed E-state index contributed by atoms with van der Waals surface area (Å²) in [6.45, 7) is 0. The smallest absolute Gasteiger partial charge is 0.230 e. The van der Waals surface area contributed by atoms with E-state index in [1.165, 1.54) is 28.2 Å². The summed E-state index contributed by atoms with van der Waals surface area (Å²) in [5.74, 6) is -1.71. The fraction of sp³-hybridized carbons (Fsp3) is 0.286. The molecule has 0 bridgehead atoms. The van der Waals surface area contributed by atoms with E-state index in [0.717, 1.165) is 19.6 Å². The fourth-order valence-corrected chi connectivity index (χ4v) is 2.17. The van der Waals surface area contributed by atoms with Crippen molar-refractivity contribution < 1.29 is 28.8 Å². The van der Waals surface area contributed by atoms with Crippen LogP contribution in [-0.4, -0.2) is 85.0 Å². The van der Waals surface area contributed by atoms with Crippen molar-refractivity contribution in [1.82, 2.24) is 19.6 Å². The number of carbonyl (C=O) groups is 6. The van der Waals surface area contributed by atoms with Crippen molar-refractivity contribution >= 4 is 37.2 Å². The second-order valence-corrected chi connectivity index (χ2v) is 4.92. The van der Waals surface area contributed by atoms with Gasteiger partial charge in [0.1, 0.15) is 22.8 Å². The third-order valence-electron chi connectivity index (χ3n) is 3.35. The molecule has 0 unspecified atom stereocenters. The lowest BCUT2D eigenvalue weighted by Crippen LogP contribution is -2.44. The summed E-state index contributed by atoms with van der Waals surface area (Å²) in [4.78, 5) is 73.2. The molecule has 0 fully saturated rings. The Hall–Kier alpha value is -3.30. The van der Waals surface area contributed by atoms with Crippen LogP contribution in [0.4, 0.5) is 0 Å². The summed E-state index contributed by atoms with van der Waals surface area (Å²) in [5, 5.41) is 0. The highest BCUT2D eigenvalue weighted by molar-refractivity contribution is 6.26. The van der Waals surface area contributed by atoms with Crippen LogP contribution in [0.25, 0.3) is 0 Å². The van der Waals surface area contributed by atoms with Crippen LogP contribution in [0.5, 0.6) is 0 Å². The van der Waals surface area contributed by atoms with Crippen molar-refractivity contribution in [3.63, 3.8) is 0 Å². The molecule has 0 aliphatic heterocycles. The third-order valence-corrected chi connectivity index (χ3v) is 3.35. The Morgan fingerprint density at radius 1 is 0.500 bits per heavy atom. The number of hydrogen-bond acceptors (Lipinski definition) is 6. The summed E-state index contributed by atoms with van der Waals surface area (Å²) in [6, 6.07) is 0. The Labute approximate surface area is 137 Å². The monoisotopic (exact) mass is 336 g/mol. The van der Waals surface area contributed by atoms with E-state index in [1.54, 1.807) is 0 Å². The minimum absolute atomic E-state index is 0.284. The van der Waals surface area contributed by atoms with E-state index in [0.29, 0.717) is 0 Å². The molecule has 0 aromatic rings. The van der Waals surface area contributed by atoms with Gasteiger partial charge < -0.3 is 19.6 Å². The van der Waals surface area contributed by atoms with Gasteiger partial charge in [-0.15, -0.1) is 0 Å². The van der Waals surface area contributed by atoms with Crippen molar-refractivity contribution in [2.75, 3.05) is 28.2 Å². The molecule has 0 spiro atoms. The van der Waals surface area contributed by atoms with Gasteiger partial charge >= 0.3 is 0 Å². The molecule has 0 heterocycles. The number of ketones is 2. The highest BCUT2D eigenvalue weighted by atomic mass is 16.2. The average Bonchev–Trinajstić information content (AvgIpc) is 2.59. The third kappa shape index (κ3) is 2.93. The van der Waals surface area contributed by atoms with Gasteiger partial charge in [-0.25, -0.2) is 0 Å². The quantitative estimate of drug-likeness (QED) is 0.371. The molecule has 1 rings (SSSR count). The van der Waals surface area contributed by atoms with Gasteiger partial charge in [0.15, 0.2) is 0 Å². The predicted octanol–water partition coefficient (Wildman–Crippen LogP) is -2.09. The Bertz CT molecular complexity index is 571. The van der Waals surface area contributed by atoms with Gasteiger partial charge in [-0.05, 0) is 0 Å². The van der Waals surface area contributed by atoms with Crippen LogP contribution in [0.15, 0.2) is 22.8 Å². The molecule has 0 aromatic heterocycles. The van der Waals surface area contributed by atoms with Gasteiger partial charge in [-0.2, -0.15) is 0 Å². The van der Waals surface area contributed by atoms with Gasteiger partial charge in [0.2, 0.25) is 37.2 Å². The molecule has 1 aliphatic rings. The molecule has 0 atom stereocenters. The molecular formula is C14H16N4O6. The van der Waals surface area contributed by atoms with Crippen LogP contribution in [0.3, 0.4) is 0 Å². The van der Waals surface area contributed by atoms with E-state index in [2.05, 4.69) is 0 Å². The van der Waals surface area contributed by atoms with E-state index >= 15 is 0 Å². The minimum Gasteiger partial charge on any atom is -0.313 e. The SMILES string of the molecule is CN(C=O)C1=C(N(C)C=O)C(=O)C(N(C)C=O)=C(N(C)C=O)C1=O. The number of rotatable bonds is 8. The molecule has 1 aliphatic carbocycles. The molecule has 0 saturated carbocycles. The molecule has 24 heavy (non-hydrogen) atoms. The van der Waals surface area contributed by atoms with Gasteiger partial charge in [0.25, 0.3) is 0 Å². The maximum absolute atomic E-state index is 12.8. The second-order valence-electron chi connectivity index (χ2n) is 4.92. The lowest BCUT2D eigenvalue weighted by atomic mass is 9.96. The fourth-order valence-electron chi connectivity index (χ4n) is 2.17. The molecule has 0 N–H and O–H groups in total. The zero-order valence-electron chi connectivity index (χ0n) is 13.5. The van der Waals surface area contributed by atoms with Gasteiger partial charge in [-0.3, -0.25) is 28.8 Å². The Morgan fingerprint density at radius 3 is 0.792 bits per heavy atom. The van der Waals surface area contributed by atoms with E-state index in [1.807, 2.05) is 0 Å². The average molecular weight is 336 g/mol. The number of likely N-dealkylation sites (N-methyl/N-ethyl adjacent to an activating group) is 4. The van der Waals surface area contributed by atoms with E-state index in [4.69, 9.17) is 0 Å². The summed E-state index contributed by atoms with van der Waals surface area (Å²) in [6.07, 6.45) is 1.14. The number of hydrogen-bond donors (Lipinski definition) is 0. The zero-order valence-corrected chi connectivity index (χ0v) is 13.5. The van der Waals surface area contributed by atoms with Crippen LogP contribution in [0.1, 0.15) is 0 Å². The molecule has 128 valence electrons. The minimum atomic E-state index is -0.855. The van der Waals surface area contributed by atoms with Crippen LogP contribution in [0.2, 0.25) is 0 Å². The predicted molar refractivity (Wildman–Crippen MR) is 79.4 cm³/mol. The van der Waals surface area contributed by atoms with Crippen LogP contribution in [0, 0.1) is 0 Å². The summed E-state index contributed by atoms with van der Waals surface area (Å²) in [5.41, 5.74) is -1.51. The van der Waals surface area contributed by atoms with E-state index in [9.17, 15) is 28.8 Å². The summed E-state index contributed by atoms with van der Waals surface area (Å²) in [7, 11) is 4.89. The van der Waals surface area contributed by atoms with Crippen molar-refractivity contribution in [3.8, 4) is 0 Å². The molecule has 0 aromatic carbocycles. The standard InChI is InChI=1S/C14H16N4O6/c1-15(5-19)9-10(16(2)6-20)14(24)12(18(4)8-22)11(13(9)23)17(3)7-21/h5-8H,1-4H3. The number of carbonyl (C=O) groups excluding carboxylic acids is 6. The Balaban J connectivity index is 3.82. The topological polar surface area (TPSA) is 115 Å². The molecule has 0 saturated heterocycles. The molecular weight excluding hydrogens is 320 g/mol. The second kappa shape index (κ2) is 7.31. The number of Topliss-reactive ketones (excluding diaryl/α,β-unsaturated/α-hetero) is 2. The van der Waals surface area contributed by atoms with E-state index < -0.39 is 11.6 Å². The van der Waals surface area contributed by atoms with Crippen molar-refractivity contribution in [1.29, 1.82) is 0 Å². The van der Waals surface area contributed by atoms with Crippen molar-refractivity contribution in [2.45, 2.75) is 0 Å². The maximum atomic E-state index is 12.8.